The molecular weight excluding hydrogens is 432 g/mol. The van der Waals surface area contributed by atoms with Crippen LogP contribution in [0.5, 0.6) is 5.75 Å². The highest BCUT2D eigenvalue weighted by Crippen LogP contribution is 2.30. The predicted octanol–water partition coefficient (Wildman–Crippen LogP) is 4.91. The quantitative estimate of drug-likeness (QED) is 0.429. The number of benzene rings is 2. The lowest BCUT2D eigenvalue weighted by molar-refractivity contribution is -0.142. The molecule has 1 N–H and O–H groups in total. The third kappa shape index (κ3) is 5.42. The first-order valence-corrected chi connectivity index (χ1v) is 11.5. The van der Waals surface area contributed by atoms with Gasteiger partial charge in [0.05, 0.1) is 12.5 Å². The molecule has 0 radical (unpaired) electrons. The van der Waals surface area contributed by atoms with Crippen LogP contribution in [0.1, 0.15) is 23.9 Å². The topological polar surface area (TPSA) is 85.0 Å². The third-order valence-electron chi connectivity index (χ3n) is 6.13. The number of ether oxygens (including phenoxy) is 2. The van der Waals surface area contributed by atoms with Crippen molar-refractivity contribution < 1.29 is 23.8 Å². The molecule has 1 aromatic heterocycles. The van der Waals surface area contributed by atoms with Crippen LogP contribution in [0.25, 0.3) is 11.5 Å². The van der Waals surface area contributed by atoms with Crippen molar-refractivity contribution in [2.24, 2.45) is 11.8 Å². The average Bonchev–Trinajstić information content (AvgIpc) is 3.43. The molecule has 0 bridgehead atoms. The summed E-state index contributed by atoms with van der Waals surface area (Å²) in [5.74, 6) is 1.32. The lowest BCUT2D eigenvalue weighted by atomic mass is 9.90. The van der Waals surface area contributed by atoms with E-state index in [2.05, 4.69) is 11.6 Å². The van der Waals surface area contributed by atoms with E-state index < -0.39 is 11.9 Å². The number of rotatable bonds is 10. The van der Waals surface area contributed by atoms with Crippen LogP contribution < -0.4 is 4.74 Å². The van der Waals surface area contributed by atoms with E-state index in [1.54, 1.807) is 0 Å². The summed E-state index contributed by atoms with van der Waals surface area (Å²) in [7, 11) is 0. The largest absolute Gasteiger partial charge is 0.487 e. The summed E-state index contributed by atoms with van der Waals surface area (Å²) in [6.07, 6.45) is 0.663. The molecule has 1 saturated heterocycles. The molecule has 0 amide bonds. The number of hydrogen-bond acceptors (Lipinski definition) is 6. The zero-order valence-corrected chi connectivity index (χ0v) is 19.6. The van der Waals surface area contributed by atoms with Gasteiger partial charge in [0.15, 0.2) is 5.88 Å². The Morgan fingerprint density at radius 3 is 2.59 bits per heavy atom. The van der Waals surface area contributed by atoms with Crippen molar-refractivity contribution in [3.05, 3.63) is 84.1 Å². The van der Waals surface area contributed by atoms with Crippen LogP contribution >= 0.6 is 0 Å². The van der Waals surface area contributed by atoms with Crippen LogP contribution in [0.4, 0.5) is 0 Å². The first-order chi connectivity index (χ1) is 16.4. The third-order valence-corrected chi connectivity index (χ3v) is 6.13. The minimum atomic E-state index is -0.783. The Labute approximate surface area is 199 Å². The monoisotopic (exact) mass is 462 g/mol. The van der Waals surface area contributed by atoms with Crippen LogP contribution in [0.3, 0.4) is 0 Å². The molecule has 2 atom stereocenters. The number of carbonyl (C=O) groups is 1. The smallest absolute Gasteiger partial charge is 0.308 e. The van der Waals surface area contributed by atoms with Gasteiger partial charge in [0.25, 0.3) is 0 Å². The summed E-state index contributed by atoms with van der Waals surface area (Å²) < 4.78 is 17.2. The Kier molecular flexibility index (Phi) is 7.21. The van der Waals surface area contributed by atoms with Crippen LogP contribution in [0.2, 0.25) is 0 Å². The highest BCUT2D eigenvalue weighted by atomic mass is 16.5. The van der Waals surface area contributed by atoms with Gasteiger partial charge in [0.2, 0.25) is 5.89 Å². The number of aryl methyl sites for hydroxylation is 1. The average molecular weight is 463 g/mol. The molecule has 3 aromatic rings. The Balaban J connectivity index is 1.36. The van der Waals surface area contributed by atoms with Gasteiger partial charge in [0, 0.05) is 18.7 Å². The van der Waals surface area contributed by atoms with E-state index in [0.717, 1.165) is 28.3 Å². The second kappa shape index (κ2) is 10.5. The van der Waals surface area contributed by atoms with E-state index >= 15 is 0 Å². The molecule has 2 aromatic carbocycles. The van der Waals surface area contributed by atoms with Gasteiger partial charge >= 0.3 is 5.97 Å². The number of aromatic nitrogens is 1. The number of carboxylic acids is 1. The summed E-state index contributed by atoms with van der Waals surface area (Å²) in [6.45, 7) is 9.55. The fourth-order valence-electron chi connectivity index (χ4n) is 4.26. The highest BCUT2D eigenvalue weighted by molar-refractivity contribution is 5.71. The fraction of sp³-hybridized carbons (Fsp3) is 0.333. The first kappa shape index (κ1) is 23.4. The maximum absolute atomic E-state index is 11.8. The molecule has 0 saturated carbocycles. The molecule has 1 aliphatic rings. The molecule has 7 heteroatoms. The molecule has 2 heterocycles. The van der Waals surface area contributed by atoms with Crippen molar-refractivity contribution in [2.75, 3.05) is 19.7 Å². The molecule has 4 rings (SSSR count). The lowest BCUT2D eigenvalue weighted by Crippen LogP contribution is -2.24. The summed E-state index contributed by atoms with van der Waals surface area (Å²) >= 11 is 0. The van der Waals surface area contributed by atoms with Gasteiger partial charge in [-0.05, 0) is 62.6 Å². The maximum Gasteiger partial charge on any atom is 0.308 e. The molecule has 0 aliphatic carbocycles. The molecular formula is C27H30N2O5. The van der Waals surface area contributed by atoms with Crippen LogP contribution in [-0.2, 0) is 22.6 Å². The van der Waals surface area contributed by atoms with E-state index in [9.17, 15) is 9.90 Å². The van der Waals surface area contributed by atoms with E-state index in [1.165, 1.54) is 0 Å². The lowest BCUT2D eigenvalue weighted by Gasteiger charge is -2.20. The van der Waals surface area contributed by atoms with E-state index in [4.69, 9.17) is 13.9 Å². The zero-order valence-electron chi connectivity index (χ0n) is 19.6. The van der Waals surface area contributed by atoms with Gasteiger partial charge in [-0.15, -0.1) is 0 Å². The number of hydrogen-bond donors (Lipinski definition) is 1. The van der Waals surface area contributed by atoms with Crippen molar-refractivity contribution in [3.63, 3.8) is 0 Å². The molecule has 1 aliphatic heterocycles. The number of carboxylic acid groups (broad SMARTS) is 1. The van der Waals surface area contributed by atoms with Gasteiger partial charge in [-0.25, -0.2) is 4.98 Å². The van der Waals surface area contributed by atoms with Crippen molar-refractivity contribution in [1.82, 2.24) is 9.88 Å². The summed E-state index contributed by atoms with van der Waals surface area (Å²) in [5, 5.41) is 9.68. The predicted molar refractivity (Wildman–Crippen MR) is 128 cm³/mol. The number of likely N-dealkylation sites (tertiary alicyclic amines) is 1. The van der Waals surface area contributed by atoms with Crippen LogP contribution in [0, 0.1) is 18.8 Å². The summed E-state index contributed by atoms with van der Waals surface area (Å²) in [4.78, 5) is 18.3. The van der Waals surface area contributed by atoms with Crippen LogP contribution in [0.15, 0.2) is 71.5 Å². The van der Waals surface area contributed by atoms with E-state index in [0.29, 0.717) is 44.5 Å². The summed E-state index contributed by atoms with van der Waals surface area (Å²) in [5.41, 5.74) is 2.75. The first-order valence-electron chi connectivity index (χ1n) is 11.5. The minimum absolute atomic E-state index is 0.0179. The second-order valence-corrected chi connectivity index (χ2v) is 8.46. The van der Waals surface area contributed by atoms with Crippen molar-refractivity contribution >= 4 is 5.97 Å². The van der Waals surface area contributed by atoms with Gasteiger partial charge < -0.3 is 23.9 Å². The zero-order chi connectivity index (χ0) is 24.1. The number of oxazole rings is 1. The van der Waals surface area contributed by atoms with Gasteiger partial charge in [-0.3, -0.25) is 4.79 Å². The second-order valence-electron chi connectivity index (χ2n) is 8.46. The standard InChI is InChI=1S/C27H30N2O5/c1-4-32-19(3)29-15-22(24(16-29)27(30)31)14-20-10-12-23(13-11-20)33-17-25-18(2)34-26(28-25)21-8-6-5-7-9-21/h5-13,22,24H,3-4,14-17H2,1-2H3,(H,30,31)/t22-,24+/m1/s1. The summed E-state index contributed by atoms with van der Waals surface area (Å²) in [6, 6.07) is 17.6. The molecule has 178 valence electrons. The molecule has 0 unspecified atom stereocenters. The Morgan fingerprint density at radius 2 is 1.91 bits per heavy atom. The normalized spacial score (nSPS) is 17.5. The van der Waals surface area contributed by atoms with Gasteiger partial charge in [-0.1, -0.05) is 30.3 Å². The number of nitrogens with zero attached hydrogens (tertiary/aromatic N) is 2. The van der Waals surface area contributed by atoms with Gasteiger partial charge in [-0.2, -0.15) is 0 Å². The molecule has 0 spiro atoms. The molecule has 34 heavy (non-hydrogen) atoms. The number of aliphatic carboxylic acids is 1. The highest BCUT2D eigenvalue weighted by Gasteiger charge is 2.38. The van der Waals surface area contributed by atoms with Crippen molar-refractivity contribution in [1.29, 1.82) is 0 Å². The van der Waals surface area contributed by atoms with Crippen LogP contribution in [-0.4, -0.2) is 40.7 Å². The maximum atomic E-state index is 11.8. The molecule has 1 fully saturated rings. The Morgan fingerprint density at radius 1 is 1.18 bits per heavy atom. The fourth-order valence-corrected chi connectivity index (χ4v) is 4.26. The molecule has 7 nitrogen and oxygen atoms in total. The van der Waals surface area contributed by atoms with Crippen molar-refractivity contribution in [3.8, 4) is 17.2 Å². The minimum Gasteiger partial charge on any atom is -0.487 e. The Hall–Kier alpha value is -3.74. The van der Waals surface area contributed by atoms with E-state index in [-0.39, 0.29) is 5.92 Å². The van der Waals surface area contributed by atoms with Gasteiger partial charge in [0.1, 0.15) is 23.8 Å². The van der Waals surface area contributed by atoms with E-state index in [1.807, 2.05) is 73.3 Å². The SMILES string of the molecule is C=C(OCC)N1C[C@@H](Cc2ccc(OCc3nc(-c4ccccc4)oc3C)cc2)[C@@H](C(=O)O)C1. The van der Waals surface area contributed by atoms with Crippen molar-refractivity contribution in [2.45, 2.75) is 26.9 Å². The Bertz CT molecular complexity index is 1120.